The summed E-state index contributed by atoms with van der Waals surface area (Å²) in [6.07, 6.45) is -0.760. The van der Waals surface area contributed by atoms with Gasteiger partial charge in [0.2, 0.25) is 10.7 Å². The Bertz CT molecular complexity index is 1050. The normalized spacial score (nSPS) is 27.6. The first-order valence-corrected chi connectivity index (χ1v) is 12.0. The van der Waals surface area contributed by atoms with Crippen LogP contribution in [0.3, 0.4) is 0 Å². The van der Waals surface area contributed by atoms with Crippen molar-refractivity contribution in [3.05, 3.63) is 40.4 Å². The van der Waals surface area contributed by atoms with Gasteiger partial charge in [-0.2, -0.15) is 5.10 Å². The summed E-state index contributed by atoms with van der Waals surface area (Å²) in [5.41, 5.74) is 1.13. The Hall–Kier alpha value is -2.31. The van der Waals surface area contributed by atoms with Gasteiger partial charge in [-0.15, -0.1) is 0 Å². The predicted molar refractivity (Wildman–Crippen MR) is 125 cm³/mol. The van der Waals surface area contributed by atoms with Gasteiger partial charge in [-0.1, -0.05) is 30.5 Å². The molecule has 1 aromatic carbocycles. The maximum atomic E-state index is 11.9. The van der Waals surface area contributed by atoms with E-state index in [1.807, 2.05) is 35.8 Å². The number of ether oxygens (including phenoxy) is 2. The van der Waals surface area contributed by atoms with Gasteiger partial charge in [0, 0.05) is 13.0 Å². The molecule has 4 rings (SSSR count). The van der Waals surface area contributed by atoms with Crippen LogP contribution in [-0.2, 0) is 16.1 Å². The molecule has 2 aromatic rings. The van der Waals surface area contributed by atoms with E-state index in [0.29, 0.717) is 16.3 Å². The van der Waals surface area contributed by atoms with Crippen molar-refractivity contribution in [2.75, 3.05) is 6.61 Å². The first-order chi connectivity index (χ1) is 16.3. The molecule has 11 heteroatoms. The molecule has 1 amide bonds. The SMILES string of the molecule is CC(=O)N[C@@H]1[C@@H](O)[C@H](O)[C@@H](CO)O[C@H]1n1nc(COc2ccc(C)cc2)n(C2CCCC2)c1=S. The van der Waals surface area contributed by atoms with Gasteiger partial charge in [0.1, 0.15) is 36.7 Å². The van der Waals surface area contributed by atoms with Gasteiger partial charge >= 0.3 is 0 Å². The largest absolute Gasteiger partial charge is 0.486 e. The maximum Gasteiger partial charge on any atom is 0.217 e. The molecule has 0 unspecified atom stereocenters. The molecule has 34 heavy (non-hydrogen) atoms. The third-order valence-corrected chi connectivity index (χ3v) is 6.88. The van der Waals surface area contributed by atoms with E-state index in [1.54, 1.807) is 0 Å². The van der Waals surface area contributed by atoms with Crippen LogP contribution in [0, 0.1) is 11.7 Å². The number of aromatic nitrogens is 3. The molecule has 2 fully saturated rings. The van der Waals surface area contributed by atoms with Crippen LogP contribution < -0.4 is 10.1 Å². The van der Waals surface area contributed by atoms with Crippen LogP contribution in [0.1, 0.15) is 56.3 Å². The molecule has 4 N–H and O–H groups in total. The second kappa shape index (κ2) is 10.5. The summed E-state index contributed by atoms with van der Waals surface area (Å²) in [7, 11) is 0. The number of aliphatic hydroxyl groups is 3. The second-order valence-corrected chi connectivity index (χ2v) is 9.37. The summed E-state index contributed by atoms with van der Waals surface area (Å²) < 4.78 is 15.7. The monoisotopic (exact) mass is 492 g/mol. The number of hydrogen-bond acceptors (Lipinski definition) is 8. The Kier molecular flexibility index (Phi) is 7.68. The van der Waals surface area contributed by atoms with Crippen molar-refractivity contribution >= 4 is 18.1 Å². The number of aliphatic hydroxyl groups excluding tert-OH is 3. The number of carbonyl (C=O) groups excluding carboxylic acids is 1. The molecular weight excluding hydrogens is 460 g/mol. The summed E-state index contributed by atoms with van der Waals surface area (Å²) in [5.74, 6) is 0.897. The third-order valence-electron chi connectivity index (χ3n) is 6.49. The average Bonchev–Trinajstić information content (AvgIpc) is 3.44. The zero-order chi connectivity index (χ0) is 24.4. The average molecular weight is 493 g/mol. The van der Waals surface area contributed by atoms with Gasteiger partial charge < -0.3 is 30.1 Å². The summed E-state index contributed by atoms with van der Waals surface area (Å²) in [6, 6.07) is 6.85. The number of aryl methyl sites for hydroxylation is 1. The summed E-state index contributed by atoms with van der Waals surface area (Å²) in [5, 5.41) is 38.1. The highest BCUT2D eigenvalue weighted by atomic mass is 32.1. The lowest BCUT2D eigenvalue weighted by molar-refractivity contribution is -0.219. The van der Waals surface area contributed by atoms with E-state index in [4.69, 9.17) is 26.8 Å². The molecule has 1 aliphatic carbocycles. The van der Waals surface area contributed by atoms with Gasteiger partial charge in [0.05, 0.1) is 6.61 Å². The smallest absolute Gasteiger partial charge is 0.217 e. The molecule has 0 bridgehead atoms. The minimum Gasteiger partial charge on any atom is -0.486 e. The Balaban J connectivity index is 1.70. The van der Waals surface area contributed by atoms with Crippen LogP contribution in [-0.4, -0.2) is 66.5 Å². The van der Waals surface area contributed by atoms with Gasteiger partial charge in [-0.3, -0.25) is 9.36 Å². The van der Waals surface area contributed by atoms with E-state index in [2.05, 4.69) is 5.32 Å². The molecule has 1 aromatic heterocycles. The van der Waals surface area contributed by atoms with Gasteiger partial charge in [-0.25, -0.2) is 4.68 Å². The zero-order valence-corrected chi connectivity index (χ0v) is 20.1. The number of carbonyl (C=O) groups is 1. The van der Waals surface area contributed by atoms with Gasteiger partial charge in [0.25, 0.3) is 0 Å². The minimum absolute atomic E-state index is 0.157. The molecular formula is C23H32N4O6S. The molecule has 10 nitrogen and oxygen atoms in total. The molecule has 5 atom stereocenters. The van der Waals surface area contributed by atoms with Crippen molar-refractivity contribution in [2.24, 2.45) is 0 Å². The third kappa shape index (κ3) is 5.03. The van der Waals surface area contributed by atoms with Crippen LogP contribution in [0.4, 0.5) is 0 Å². The lowest BCUT2D eigenvalue weighted by Crippen LogP contribution is -2.62. The predicted octanol–water partition coefficient (Wildman–Crippen LogP) is 1.53. The Morgan fingerprint density at radius 3 is 2.53 bits per heavy atom. The fraction of sp³-hybridized carbons (Fsp3) is 0.609. The van der Waals surface area contributed by atoms with E-state index in [-0.39, 0.29) is 12.6 Å². The fourth-order valence-electron chi connectivity index (χ4n) is 4.71. The summed E-state index contributed by atoms with van der Waals surface area (Å²) in [4.78, 5) is 11.9. The highest BCUT2D eigenvalue weighted by Crippen LogP contribution is 2.34. The first-order valence-electron chi connectivity index (χ1n) is 11.6. The number of hydrogen-bond donors (Lipinski definition) is 4. The van der Waals surface area contributed by atoms with E-state index in [9.17, 15) is 20.1 Å². The molecule has 0 radical (unpaired) electrons. The number of nitrogens with zero attached hydrogens (tertiary/aromatic N) is 3. The Morgan fingerprint density at radius 1 is 1.24 bits per heavy atom. The first kappa shape index (κ1) is 24.8. The maximum absolute atomic E-state index is 11.9. The topological polar surface area (TPSA) is 131 Å². The van der Waals surface area contributed by atoms with Crippen LogP contribution >= 0.6 is 12.2 Å². The van der Waals surface area contributed by atoms with Crippen molar-refractivity contribution in [1.29, 1.82) is 0 Å². The summed E-state index contributed by atoms with van der Waals surface area (Å²) in [6.45, 7) is 2.97. The van der Waals surface area contributed by atoms with E-state index < -0.39 is 43.1 Å². The van der Waals surface area contributed by atoms with Gasteiger partial charge in [0.15, 0.2) is 12.1 Å². The van der Waals surface area contributed by atoms with Crippen molar-refractivity contribution in [3.63, 3.8) is 0 Å². The Labute approximate surface area is 203 Å². The quantitative estimate of drug-likeness (QED) is 0.428. The van der Waals surface area contributed by atoms with E-state index >= 15 is 0 Å². The lowest BCUT2D eigenvalue weighted by Gasteiger charge is -2.42. The number of benzene rings is 1. The fourth-order valence-corrected chi connectivity index (χ4v) is 5.11. The minimum atomic E-state index is -1.38. The molecule has 0 spiro atoms. The molecule has 2 aliphatic rings. The van der Waals surface area contributed by atoms with Crippen LogP contribution in [0.5, 0.6) is 5.75 Å². The van der Waals surface area contributed by atoms with Crippen molar-refractivity contribution in [2.45, 2.75) is 82.8 Å². The second-order valence-electron chi connectivity index (χ2n) is 9.01. The molecule has 2 heterocycles. The number of nitrogens with one attached hydrogen (secondary N) is 1. The van der Waals surface area contributed by atoms with E-state index in [1.165, 1.54) is 11.6 Å². The van der Waals surface area contributed by atoms with Crippen LogP contribution in [0.25, 0.3) is 0 Å². The molecule has 1 saturated carbocycles. The van der Waals surface area contributed by atoms with Crippen molar-refractivity contribution < 1.29 is 29.6 Å². The van der Waals surface area contributed by atoms with Crippen molar-refractivity contribution in [3.8, 4) is 5.75 Å². The number of amides is 1. The lowest BCUT2D eigenvalue weighted by atomic mass is 9.96. The van der Waals surface area contributed by atoms with Crippen LogP contribution in [0.15, 0.2) is 24.3 Å². The van der Waals surface area contributed by atoms with E-state index in [0.717, 1.165) is 31.2 Å². The molecule has 186 valence electrons. The highest BCUT2D eigenvalue weighted by molar-refractivity contribution is 7.71. The van der Waals surface area contributed by atoms with Crippen LogP contribution in [0.2, 0.25) is 0 Å². The molecule has 1 saturated heterocycles. The summed E-state index contributed by atoms with van der Waals surface area (Å²) >= 11 is 5.80. The van der Waals surface area contributed by atoms with Crippen molar-refractivity contribution in [1.82, 2.24) is 19.7 Å². The molecule has 1 aliphatic heterocycles. The van der Waals surface area contributed by atoms with Gasteiger partial charge in [-0.05, 0) is 44.1 Å². The number of rotatable bonds is 7. The standard InChI is InChI=1S/C23H32N4O6S/c1-13-7-9-16(10-8-13)32-12-18-25-27(23(34)26(18)15-5-3-4-6-15)22-19(24-14(2)29)21(31)20(30)17(11-28)33-22/h7-10,15,17,19-22,28,30-31H,3-6,11-12H2,1-2H3,(H,24,29)/t17-,19-,20-,21-,22-/m1/s1. The zero-order valence-electron chi connectivity index (χ0n) is 19.3. The Morgan fingerprint density at radius 2 is 1.91 bits per heavy atom. The highest BCUT2D eigenvalue weighted by Gasteiger charge is 2.46.